The van der Waals surface area contributed by atoms with Gasteiger partial charge in [-0.3, -0.25) is 29.3 Å². The monoisotopic (exact) mass is 613 g/mol. The van der Waals surface area contributed by atoms with Gasteiger partial charge in [0.15, 0.2) is 26.3 Å². The van der Waals surface area contributed by atoms with Crippen molar-refractivity contribution in [3.63, 3.8) is 0 Å². The van der Waals surface area contributed by atoms with Gasteiger partial charge in [-0.1, -0.05) is 26.8 Å². The van der Waals surface area contributed by atoms with Gasteiger partial charge in [-0.25, -0.2) is 0 Å². The van der Waals surface area contributed by atoms with Gasteiger partial charge >= 0.3 is 29.6 Å². The van der Waals surface area contributed by atoms with Gasteiger partial charge in [-0.2, -0.15) is 0 Å². The molecule has 1 saturated heterocycles. The molecule has 234 valence electrons. The van der Waals surface area contributed by atoms with E-state index in [0.717, 1.165) is 27.7 Å². The van der Waals surface area contributed by atoms with Crippen LogP contribution in [0.5, 0.6) is 5.75 Å². The van der Waals surface area contributed by atoms with Gasteiger partial charge in [-0.15, -0.1) is 0 Å². The fourth-order valence-electron chi connectivity index (χ4n) is 3.78. The van der Waals surface area contributed by atoms with Gasteiger partial charge in [0, 0.05) is 33.8 Å². The summed E-state index contributed by atoms with van der Waals surface area (Å²) in [6.07, 6.45) is -7.29. The van der Waals surface area contributed by atoms with E-state index in [4.69, 9.17) is 32.8 Å². The Morgan fingerprint density at radius 3 is 1.95 bits per heavy atom. The van der Waals surface area contributed by atoms with Crippen molar-refractivity contribution in [1.29, 1.82) is 0 Å². The quantitative estimate of drug-likeness (QED) is 0.116. The summed E-state index contributed by atoms with van der Waals surface area (Å²) >= 11 is 0. The molecular formula is C27H39NO13Si. The fraction of sp³-hybridized carbons (Fsp3) is 0.630. The Labute approximate surface area is 245 Å². The molecule has 1 aromatic carbocycles. The highest BCUT2D eigenvalue weighted by atomic mass is 28.4. The number of esters is 4. The number of hydrogen-bond acceptors (Lipinski definition) is 13. The highest BCUT2D eigenvalue weighted by Gasteiger charge is 2.53. The fourth-order valence-corrected chi connectivity index (χ4v) is 4.74. The topological polar surface area (TPSA) is 176 Å². The van der Waals surface area contributed by atoms with E-state index in [2.05, 4.69) is 33.9 Å². The van der Waals surface area contributed by atoms with Gasteiger partial charge in [0.1, 0.15) is 12.7 Å². The van der Waals surface area contributed by atoms with Crippen molar-refractivity contribution >= 4 is 37.9 Å². The van der Waals surface area contributed by atoms with E-state index in [9.17, 15) is 29.3 Å². The van der Waals surface area contributed by atoms with Crippen LogP contribution in [0.2, 0.25) is 18.1 Å². The molecule has 0 amide bonds. The van der Waals surface area contributed by atoms with Crippen LogP contribution in [-0.2, 0) is 53.9 Å². The second-order valence-corrected chi connectivity index (χ2v) is 16.1. The van der Waals surface area contributed by atoms with Crippen LogP contribution in [0, 0.1) is 10.1 Å². The zero-order valence-corrected chi connectivity index (χ0v) is 26.3. The van der Waals surface area contributed by atoms with Gasteiger partial charge in [-0.05, 0) is 29.8 Å². The standard InChI is InChI=1S/C27H39NO13Si/c1-15(29)35-14-22-23(37-16(2)30)24(38-17(3)31)25(39-18(4)32)26(41-22)40-21-11-10-19(12-20(21)28(33)34)13-36-42(8,9)27(5,6)7/h10-12,22-26H,13-14H2,1-9H3/t22-,23-,24+,25-,26-/m1/s1. The minimum absolute atomic E-state index is 0.0723. The normalized spacial score (nSPS) is 22.5. The molecule has 0 bridgehead atoms. The van der Waals surface area contributed by atoms with Crippen molar-refractivity contribution in [3.8, 4) is 5.75 Å². The summed E-state index contributed by atoms with van der Waals surface area (Å²) in [5.74, 6) is -3.38. The first-order chi connectivity index (χ1) is 19.3. The number of benzene rings is 1. The van der Waals surface area contributed by atoms with Crippen LogP contribution in [0.1, 0.15) is 54.0 Å². The summed E-state index contributed by atoms with van der Waals surface area (Å²) < 4.78 is 39.0. The number of nitro benzene ring substituents is 1. The van der Waals surface area contributed by atoms with Crippen LogP contribution in [0.15, 0.2) is 18.2 Å². The minimum atomic E-state index is -2.15. The lowest BCUT2D eigenvalue weighted by Gasteiger charge is -2.43. The Morgan fingerprint density at radius 2 is 1.45 bits per heavy atom. The third kappa shape index (κ3) is 9.49. The second kappa shape index (κ2) is 14.1. The summed E-state index contributed by atoms with van der Waals surface area (Å²) in [4.78, 5) is 58.9. The average molecular weight is 614 g/mol. The highest BCUT2D eigenvalue weighted by molar-refractivity contribution is 6.74. The van der Waals surface area contributed by atoms with E-state index in [-0.39, 0.29) is 17.4 Å². The number of nitro groups is 1. The van der Waals surface area contributed by atoms with E-state index in [1.165, 1.54) is 12.1 Å². The molecule has 1 aliphatic heterocycles. The molecule has 14 nitrogen and oxygen atoms in total. The molecule has 1 aromatic rings. The van der Waals surface area contributed by atoms with Crippen LogP contribution in [0.3, 0.4) is 0 Å². The maximum Gasteiger partial charge on any atom is 0.311 e. The Morgan fingerprint density at radius 1 is 0.905 bits per heavy atom. The maximum atomic E-state index is 12.0. The molecule has 0 spiro atoms. The van der Waals surface area contributed by atoms with E-state index in [1.807, 2.05) is 0 Å². The average Bonchev–Trinajstić information content (AvgIpc) is 2.84. The van der Waals surface area contributed by atoms with Gasteiger partial charge in [0.05, 0.1) is 11.5 Å². The molecule has 0 aromatic heterocycles. The molecular weight excluding hydrogens is 574 g/mol. The third-order valence-corrected chi connectivity index (χ3v) is 11.3. The molecule has 1 fully saturated rings. The predicted molar refractivity (Wildman–Crippen MR) is 148 cm³/mol. The number of hydrogen-bond donors (Lipinski definition) is 0. The van der Waals surface area contributed by atoms with Gasteiger partial charge in [0.25, 0.3) is 0 Å². The molecule has 0 N–H and O–H groups in total. The first-order valence-corrected chi connectivity index (χ1v) is 16.1. The molecule has 5 atom stereocenters. The first-order valence-electron chi connectivity index (χ1n) is 13.2. The molecule has 0 saturated carbocycles. The summed E-state index contributed by atoms with van der Waals surface area (Å²) in [6, 6.07) is 4.23. The van der Waals surface area contributed by atoms with Crippen LogP contribution in [-0.4, -0.2) is 74.4 Å². The lowest BCUT2D eigenvalue weighted by molar-refractivity contribution is -0.387. The van der Waals surface area contributed by atoms with Crippen LogP contribution < -0.4 is 4.74 Å². The summed E-state index contributed by atoms with van der Waals surface area (Å²) in [6.45, 7) is 14.4. The van der Waals surface area contributed by atoms with Crippen molar-refractivity contribution in [2.45, 2.75) is 104 Å². The summed E-state index contributed by atoms with van der Waals surface area (Å²) in [5.41, 5.74) is 0.0969. The minimum Gasteiger partial charge on any atom is -0.463 e. The largest absolute Gasteiger partial charge is 0.463 e. The van der Waals surface area contributed by atoms with Crippen LogP contribution >= 0.6 is 0 Å². The zero-order chi connectivity index (χ0) is 32.0. The summed E-state index contributed by atoms with van der Waals surface area (Å²) in [5, 5.41) is 12.0. The Hall–Kier alpha value is -3.56. The van der Waals surface area contributed by atoms with E-state index < -0.39 is 80.1 Å². The van der Waals surface area contributed by atoms with E-state index in [1.54, 1.807) is 6.07 Å². The molecule has 0 radical (unpaired) electrons. The van der Waals surface area contributed by atoms with Gasteiger partial charge < -0.3 is 32.8 Å². The lowest BCUT2D eigenvalue weighted by atomic mass is 9.98. The zero-order valence-electron chi connectivity index (χ0n) is 25.3. The van der Waals surface area contributed by atoms with E-state index in [0.29, 0.717) is 5.56 Å². The van der Waals surface area contributed by atoms with Crippen molar-refractivity contribution in [1.82, 2.24) is 0 Å². The third-order valence-electron chi connectivity index (χ3n) is 6.82. The van der Waals surface area contributed by atoms with Crippen LogP contribution in [0.4, 0.5) is 5.69 Å². The highest BCUT2D eigenvalue weighted by Crippen LogP contribution is 2.38. The molecule has 15 heteroatoms. The predicted octanol–water partition coefficient (Wildman–Crippen LogP) is 3.58. The Bertz CT molecular complexity index is 1180. The lowest BCUT2D eigenvalue weighted by Crippen LogP contribution is -2.63. The van der Waals surface area contributed by atoms with E-state index >= 15 is 0 Å². The second-order valence-electron chi connectivity index (χ2n) is 11.3. The molecule has 0 aliphatic carbocycles. The van der Waals surface area contributed by atoms with Crippen molar-refractivity contribution in [2.24, 2.45) is 0 Å². The Balaban J connectivity index is 2.50. The van der Waals surface area contributed by atoms with Crippen molar-refractivity contribution in [2.75, 3.05) is 6.61 Å². The Kier molecular flexibility index (Phi) is 11.6. The number of ether oxygens (including phenoxy) is 6. The maximum absolute atomic E-state index is 12.0. The van der Waals surface area contributed by atoms with Crippen LogP contribution in [0.25, 0.3) is 0 Å². The number of carbonyl (C=O) groups is 4. The molecule has 42 heavy (non-hydrogen) atoms. The summed E-state index contributed by atoms with van der Waals surface area (Å²) in [7, 11) is -2.15. The van der Waals surface area contributed by atoms with Crippen molar-refractivity contribution in [3.05, 3.63) is 33.9 Å². The van der Waals surface area contributed by atoms with Crippen molar-refractivity contribution < 1.29 is 56.9 Å². The molecule has 1 heterocycles. The first kappa shape index (κ1) is 34.6. The van der Waals surface area contributed by atoms with Gasteiger partial charge in [0.2, 0.25) is 12.4 Å². The smallest absolute Gasteiger partial charge is 0.311 e. The number of rotatable bonds is 11. The number of nitrogens with zero attached hydrogens (tertiary/aromatic N) is 1. The SMILES string of the molecule is CC(=O)OC[C@H]1O[C@@H](Oc2ccc(CO[Si](C)(C)C(C)(C)C)cc2[N+](=O)[O-])[C@H](OC(C)=O)[C@@H](OC(C)=O)[C@@H]1OC(C)=O. The molecule has 2 rings (SSSR count). The molecule has 1 aliphatic rings. The number of carbonyl (C=O) groups excluding carboxylic acids is 4. The molecule has 0 unspecified atom stereocenters.